The molecule has 0 aliphatic heterocycles. The van der Waals surface area contributed by atoms with Crippen LogP contribution in [0.25, 0.3) is 0 Å². The predicted molar refractivity (Wildman–Crippen MR) is 54.8 cm³/mol. The van der Waals surface area contributed by atoms with Gasteiger partial charge in [-0.25, -0.2) is 0 Å². The van der Waals surface area contributed by atoms with Crippen LogP contribution in [0.5, 0.6) is 0 Å². The Kier molecular flexibility index (Phi) is 8.84. The van der Waals surface area contributed by atoms with Gasteiger partial charge in [0.1, 0.15) is 0 Å². The Labute approximate surface area is 92.7 Å². The van der Waals surface area contributed by atoms with Crippen molar-refractivity contribution in [3.8, 4) is 0 Å². The third kappa shape index (κ3) is 75.4. The minimum absolute atomic E-state index is 2.00. The van der Waals surface area contributed by atoms with Gasteiger partial charge in [0.25, 0.3) is 0 Å². The van der Waals surface area contributed by atoms with Crippen molar-refractivity contribution < 1.29 is 35.0 Å². The van der Waals surface area contributed by atoms with E-state index in [1.54, 1.807) is 0 Å². The summed E-state index contributed by atoms with van der Waals surface area (Å²) in [4.78, 5) is 0. The molecule has 10 heteroatoms. The molecule has 4 N–H and O–H groups in total. The lowest BCUT2D eigenvalue weighted by molar-refractivity contribution is 0.378. The second-order valence-electron chi connectivity index (χ2n) is 2.05. The van der Waals surface area contributed by atoms with Crippen LogP contribution < -0.4 is 0 Å². The maximum Gasteiger partial charge on any atom is 0.394 e. The van der Waals surface area contributed by atoms with Crippen LogP contribution in [0.3, 0.4) is 0 Å². The summed E-state index contributed by atoms with van der Waals surface area (Å²) in [5, 5.41) is 0. The largest absolute Gasteiger partial charge is 0.394 e. The van der Waals surface area contributed by atoms with Gasteiger partial charge in [0, 0.05) is 0 Å². The van der Waals surface area contributed by atoms with E-state index in [0.29, 0.717) is 0 Å². The molecule has 0 saturated heterocycles. The lowest BCUT2D eigenvalue weighted by atomic mass is 10.4. The fraction of sp³-hybridized carbons (Fsp3) is 0. The van der Waals surface area contributed by atoms with Crippen LogP contribution in [0, 0.1) is 0 Å². The first-order chi connectivity index (χ1) is 7.00. The summed E-state index contributed by atoms with van der Waals surface area (Å²) in [6.45, 7) is 0. The number of hydrogen-bond acceptors (Lipinski definition) is 4. The SMILES string of the molecule is O=S(=O)(O)O.O=S(=O)(O)O.c1ccccc1. The van der Waals surface area contributed by atoms with Gasteiger partial charge in [-0.05, 0) is 0 Å². The second-order valence-corrected chi connectivity index (χ2v) is 3.84. The van der Waals surface area contributed by atoms with Gasteiger partial charge in [0.05, 0.1) is 0 Å². The summed E-state index contributed by atoms with van der Waals surface area (Å²) in [5.74, 6) is 0. The Balaban J connectivity index is 0. The molecule has 0 bridgehead atoms. The van der Waals surface area contributed by atoms with Crippen molar-refractivity contribution in [2.45, 2.75) is 0 Å². The first-order valence-corrected chi connectivity index (χ1v) is 6.19. The van der Waals surface area contributed by atoms with Crippen molar-refractivity contribution in [1.29, 1.82) is 0 Å². The van der Waals surface area contributed by atoms with Gasteiger partial charge in [0.15, 0.2) is 0 Å². The molecular weight excluding hydrogens is 264 g/mol. The molecule has 0 aromatic heterocycles. The van der Waals surface area contributed by atoms with E-state index in [-0.39, 0.29) is 0 Å². The average molecular weight is 274 g/mol. The van der Waals surface area contributed by atoms with Gasteiger partial charge in [0.2, 0.25) is 0 Å². The van der Waals surface area contributed by atoms with E-state index < -0.39 is 20.8 Å². The van der Waals surface area contributed by atoms with E-state index in [1.807, 2.05) is 36.4 Å². The standard InChI is InChI=1S/C6H6.2H2O4S/c1-2-4-6-5-3-1;2*1-5(2,3)4/h1-6H;2*(H2,1,2,3,4). The molecule has 0 heterocycles. The molecule has 0 saturated carbocycles. The maximum atomic E-state index is 8.74. The van der Waals surface area contributed by atoms with E-state index in [4.69, 9.17) is 35.0 Å². The summed E-state index contributed by atoms with van der Waals surface area (Å²) in [7, 11) is -9.33. The molecule has 0 fully saturated rings. The Morgan fingerprint density at radius 1 is 0.500 bits per heavy atom. The Morgan fingerprint density at radius 2 is 0.562 bits per heavy atom. The highest BCUT2D eigenvalue weighted by Gasteiger charge is 1.85. The van der Waals surface area contributed by atoms with Crippen molar-refractivity contribution in [3.63, 3.8) is 0 Å². The third-order valence-electron chi connectivity index (χ3n) is 0.667. The van der Waals surface area contributed by atoms with Gasteiger partial charge < -0.3 is 0 Å². The van der Waals surface area contributed by atoms with Crippen molar-refractivity contribution >= 4 is 20.8 Å². The summed E-state index contributed by atoms with van der Waals surface area (Å²) in [6.07, 6.45) is 0. The number of hydrogen-bond donors (Lipinski definition) is 4. The molecule has 94 valence electrons. The Morgan fingerprint density at radius 3 is 0.625 bits per heavy atom. The number of rotatable bonds is 0. The monoisotopic (exact) mass is 274 g/mol. The zero-order valence-corrected chi connectivity index (χ0v) is 9.34. The topological polar surface area (TPSA) is 149 Å². The first kappa shape index (κ1) is 17.4. The molecular formula is C6H10O8S2. The fourth-order valence-corrected chi connectivity index (χ4v) is 0.385. The lowest BCUT2D eigenvalue weighted by Gasteiger charge is -1.69. The Hall–Kier alpha value is -1.04. The molecule has 1 aromatic carbocycles. The molecule has 0 atom stereocenters. The molecule has 0 spiro atoms. The predicted octanol–water partition coefficient (Wildman–Crippen LogP) is 0.381. The molecule has 0 aliphatic rings. The van der Waals surface area contributed by atoms with E-state index in [0.717, 1.165) is 0 Å². The summed E-state index contributed by atoms with van der Waals surface area (Å²) in [6, 6.07) is 12.0. The van der Waals surface area contributed by atoms with Crippen LogP contribution in [-0.2, 0) is 20.8 Å². The molecule has 1 aromatic rings. The van der Waals surface area contributed by atoms with E-state index in [9.17, 15) is 0 Å². The van der Waals surface area contributed by atoms with Crippen LogP contribution in [0.1, 0.15) is 0 Å². The van der Waals surface area contributed by atoms with Gasteiger partial charge in [-0.1, -0.05) is 36.4 Å². The summed E-state index contributed by atoms with van der Waals surface area (Å²) in [5.41, 5.74) is 0. The molecule has 0 unspecified atom stereocenters. The number of benzene rings is 1. The highest BCUT2D eigenvalue weighted by Crippen LogP contribution is 1.79. The van der Waals surface area contributed by atoms with Crippen molar-refractivity contribution in [1.82, 2.24) is 0 Å². The third-order valence-corrected chi connectivity index (χ3v) is 0.667. The minimum atomic E-state index is -4.67. The molecule has 0 radical (unpaired) electrons. The molecule has 16 heavy (non-hydrogen) atoms. The molecule has 8 nitrogen and oxygen atoms in total. The Bertz CT molecular complexity index is 376. The molecule has 0 aliphatic carbocycles. The van der Waals surface area contributed by atoms with Gasteiger partial charge in [-0.15, -0.1) is 0 Å². The highest BCUT2D eigenvalue weighted by atomic mass is 32.3. The van der Waals surface area contributed by atoms with Crippen molar-refractivity contribution in [2.24, 2.45) is 0 Å². The van der Waals surface area contributed by atoms with E-state index in [2.05, 4.69) is 0 Å². The fourth-order valence-electron chi connectivity index (χ4n) is 0.385. The summed E-state index contributed by atoms with van der Waals surface area (Å²) >= 11 is 0. The van der Waals surface area contributed by atoms with Crippen LogP contribution in [0.15, 0.2) is 36.4 Å². The average Bonchev–Trinajstić information content (AvgIpc) is 2.01. The zero-order valence-electron chi connectivity index (χ0n) is 7.70. The normalized spacial score (nSPS) is 10.2. The molecule has 1 rings (SSSR count). The van der Waals surface area contributed by atoms with Gasteiger partial charge in [-0.2, -0.15) is 16.8 Å². The smallest absolute Gasteiger partial charge is 0.264 e. The first-order valence-electron chi connectivity index (χ1n) is 3.40. The molecule has 0 amide bonds. The van der Waals surface area contributed by atoms with Gasteiger partial charge in [-0.3, -0.25) is 18.2 Å². The summed E-state index contributed by atoms with van der Waals surface area (Å²) < 4.78 is 63.2. The van der Waals surface area contributed by atoms with Gasteiger partial charge >= 0.3 is 20.8 Å². The van der Waals surface area contributed by atoms with Crippen LogP contribution in [0.2, 0.25) is 0 Å². The maximum absolute atomic E-state index is 8.74. The van der Waals surface area contributed by atoms with E-state index >= 15 is 0 Å². The van der Waals surface area contributed by atoms with Crippen LogP contribution in [-0.4, -0.2) is 35.0 Å². The van der Waals surface area contributed by atoms with Crippen molar-refractivity contribution in [2.75, 3.05) is 0 Å². The van der Waals surface area contributed by atoms with Crippen LogP contribution in [0.4, 0.5) is 0 Å². The van der Waals surface area contributed by atoms with E-state index in [1.165, 1.54) is 0 Å². The quantitative estimate of drug-likeness (QED) is 0.496. The lowest BCUT2D eigenvalue weighted by Crippen LogP contribution is -1.89. The second kappa shape index (κ2) is 8.15. The van der Waals surface area contributed by atoms with Crippen molar-refractivity contribution in [3.05, 3.63) is 36.4 Å². The zero-order chi connectivity index (χ0) is 13.2. The highest BCUT2D eigenvalue weighted by molar-refractivity contribution is 7.80. The van der Waals surface area contributed by atoms with Crippen LogP contribution >= 0.6 is 0 Å². The minimum Gasteiger partial charge on any atom is -0.264 e.